The van der Waals surface area contributed by atoms with E-state index in [1.807, 2.05) is 18.2 Å². The summed E-state index contributed by atoms with van der Waals surface area (Å²) >= 11 is 9.48. The predicted octanol–water partition coefficient (Wildman–Crippen LogP) is 2.94. The maximum atomic E-state index is 6.10. The Morgan fingerprint density at radius 1 is 1.22 bits per heavy atom. The van der Waals surface area contributed by atoms with E-state index >= 15 is 0 Å². The molecule has 18 heavy (non-hydrogen) atoms. The van der Waals surface area contributed by atoms with Crippen molar-refractivity contribution in [3.63, 3.8) is 0 Å². The summed E-state index contributed by atoms with van der Waals surface area (Å²) in [6.07, 6.45) is 5.28. The molecule has 2 rings (SSSR count). The Kier molecular flexibility index (Phi) is 5.80. The molecule has 0 atom stereocenters. The summed E-state index contributed by atoms with van der Waals surface area (Å²) in [6.45, 7) is 4.64. The average Bonchev–Trinajstić information content (AvgIpc) is 2.38. The van der Waals surface area contributed by atoms with Gasteiger partial charge >= 0.3 is 0 Å². The standard InChI is InChI=1S/C14H19BrClNO/c15-12-5-6-14(13(16)11-12)18-10-4-9-17-7-2-1-3-8-17/h5-6,11H,1-4,7-10H2/p+1. The molecule has 1 aromatic carbocycles. The van der Waals surface area contributed by atoms with Crippen LogP contribution >= 0.6 is 27.5 Å². The maximum Gasteiger partial charge on any atom is 0.137 e. The Bertz CT molecular complexity index is 380. The number of hydrogen-bond acceptors (Lipinski definition) is 1. The van der Waals surface area contributed by atoms with Crippen LogP contribution in [0.1, 0.15) is 25.7 Å². The first kappa shape index (κ1) is 14.2. The zero-order chi connectivity index (χ0) is 12.8. The number of hydrogen-bond donors (Lipinski definition) is 1. The lowest BCUT2D eigenvalue weighted by molar-refractivity contribution is -0.905. The van der Waals surface area contributed by atoms with E-state index in [0.717, 1.165) is 23.2 Å². The van der Waals surface area contributed by atoms with Gasteiger partial charge in [-0.15, -0.1) is 0 Å². The summed E-state index contributed by atoms with van der Waals surface area (Å²) in [5.74, 6) is 0.786. The van der Waals surface area contributed by atoms with Gasteiger partial charge in [-0.25, -0.2) is 0 Å². The number of halogens is 2. The second-order valence-electron chi connectivity index (χ2n) is 4.84. The van der Waals surface area contributed by atoms with Gasteiger partial charge in [0.25, 0.3) is 0 Å². The van der Waals surface area contributed by atoms with E-state index in [2.05, 4.69) is 15.9 Å². The third-order valence-electron chi connectivity index (χ3n) is 3.39. The number of piperidine rings is 1. The van der Waals surface area contributed by atoms with Crippen LogP contribution in [-0.4, -0.2) is 26.2 Å². The smallest absolute Gasteiger partial charge is 0.137 e. The Balaban J connectivity index is 1.68. The third kappa shape index (κ3) is 4.45. The minimum absolute atomic E-state index is 0.676. The largest absolute Gasteiger partial charge is 0.492 e. The van der Waals surface area contributed by atoms with Gasteiger partial charge in [-0.1, -0.05) is 27.5 Å². The molecule has 4 heteroatoms. The van der Waals surface area contributed by atoms with E-state index in [9.17, 15) is 0 Å². The number of quaternary nitrogens is 1. The van der Waals surface area contributed by atoms with Crippen LogP contribution in [0.15, 0.2) is 22.7 Å². The fourth-order valence-electron chi connectivity index (χ4n) is 2.40. The molecule has 1 aromatic rings. The number of ether oxygens (including phenoxy) is 1. The van der Waals surface area contributed by atoms with Crippen LogP contribution in [0.5, 0.6) is 5.75 Å². The van der Waals surface area contributed by atoms with Crippen LogP contribution in [0.3, 0.4) is 0 Å². The van der Waals surface area contributed by atoms with Gasteiger partial charge in [0.15, 0.2) is 0 Å². The second-order valence-corrected chi connectivity index (χ2v) is 6.16. The van der Waals surface area contributed by atoms with Crippen molar-refractivity contribution in [2.75, 3.05) is 26.2 Å². The van der Waals surface area contributed by atoms with Gasteiger partial charge in [0.2, 0.25) is 0 Å². The molecule has 1 aliphatic heterocycles. The molecule has 1 heterocycles. The Morgan fingerprint density at radius 2 is 2.00 bits per heavy atom. The van der Waals surface area contributed by atoms with Gasteiger partial charge in [-0.2, -0.15) is 0 Å². The van der Waals surface area contributed by atoms with Crippen molar-refractivity contribution >= 4 is 27.5 Å². The van der Waals surface area contributed by atoms with Crippen molar-refractivity contribution in [1.82, 2.24) is 0 Å². The molecule has 0 aliphatic carbocycles. The van der Waals surface area contributed by atoms with Crippen LogP contribution in [0.2, 0.25) is 5.02 Å². The summed E-state index contributed by atoms with van der Waals surface area (Å²) in [7, 11) is 0. The van der Waals surface area contributed by atoms with Gasteiger partial charge in [-0.05, 0) is 37.5 Å². The van der Waals surface area contributed by atoms with E-state index < -0.39 is 0 Å². The van der Waals surface area contributed by atoms with E-state index in [1.54, 1.807) is 4.90 Å². The average molecular weight is 334 g/mol. The van der Waals surface area contributed by atoms with Crippen molar-refractivity contribution in [3.05, 3.63) is 27.7 Å². The van der Waals surface area contributed by atoms with E-state index in [4.69, 9.17) is 16.3 Å². The molecule has 1 aliphatic rings. The molecule has 2 nitrogen and oxygen atoms in total. The Labute approximate surface area is 122 Å². The van der Waals surface area contributed by atoms with Crippen molar-refractivity contribution in [2.24, 2.45) is 0 Å². The topological polar surface area (TPSA) is 13.7 Å². The summed E-state index contributed by atoms with van der Waals surface area (Å²) in [5, 5.41) is 0.676. The first-order valence-electron chi connectivity index (χ1n) is 6.67. The van der Waals surface area contributed by atoms with Crippen LogP contribution < -0.4 is 9.64 Å². The van der Waals surface area contributed by atoms with Gasteiger partial charge in [0.05, 0.1) is 31.3 Å². The zero-order valence-electron chi connectivity index (χ0n) is 10.6. The van der Waals surface area contributed by atoms with Gasteiger partial charge in [0, 0.05) is 10.9 Å². The highest BCUT2D eigenvalue weighted by atomic mass is 79.9. The lowest BCUT2D eigenvalue weighted by Crippen LogP contribution is -3.12. The van der Waals surface area contributed by atoms with E-state index in [0.29, 0.717) is 5.02 Å². The molecule has 1 saturated heterocycles. The van der Waals surface area contributed by atoms with Crippen LogP contribution in [-0.2, 0) is 0 Å². The molecule has 0 radical (unpaired) electrons. The molecule has 0 amide bonds. The fourth-order valence-corrected chi connectivity index (χ4v) is 3.13. The van der Waals surface area contributed by atoms with Gasteiger partial charge < -0.3 is 9.64 Å². The number of benzene rings is 1. The molecule has 1 fully saturated rings. The van der Waals surface area contributed by atoms with Crippen LogP contribution in [0.25, 0.3) is 0 Å². The molecule has 0 unspecified atom stereocenters. The number of rotatable bonds is 5. The second kappa shape index (κ2) is 7.37. The summed E-state index contributed by atoms with van der Waals surface area (Å²) in [5.41, 5.74) is 0. The molecule has 100 valence electrons. The van der Waals surface area contributed by atoms with Crippen molar-refractivity contribution in [3.8, 4) is 5.75 Å². The number of nitrogens with one attached hydrogen (secondary N) is 1. The van der Waals surface area contributed by atoms with Crippen molar-refractivity contribution in [1.29, 1.82) is 0 Å². The number of likely N-dealkylation sites (tertiary alicyclic amines) is 1. The molecule has 1 N–H and O–H groups in total. The molecule has 0 bridgehead atoms. The quantitative estimate of drug-likeness (QED) is 0.818. The summed E-state index contributed by atoms with van der Waals surface area (Å²) in [6, 6.07) is 5.74. The lowest BCUT2D eigenvalue weighted by atomic mass is 10.1. The van der Waals surface area contributed by atoms with E-state index in [1.165, 1.54) is 38.9 Å². The van der Waals surface area contributed by atoms with E-state index in [-0.39, 0.29) is 0 Å². The minimum Gasteiger partial charge on any atom is -0.492 e. The van der Waals surface area contributed by atoms with Crippen molar-refractivity contribution < 1.29 is 9.64 Å². The summed E-state index contributed by atoms with van der Waals surface area (Å²) in [4.78, 5) is 1.73. The predicted molar refractivity (Wildman–Crippen MR) is 78.7 cm³/mol. The SMILES string of the molecule is Clc1cc(Br)ccc1OCCC[NH+]1CCCCC1. The first-order chi connectivity index (χ1) is 8.75. The lowest BCUT2D eigenvalue weighted by Gasteiger charge is -2.23. The zero-order valence-corrected chi connectivity index (χ0v) is 12.9. The highest BCUT2D eigenvalue weighted by molar-refractivity contribution is 9.10. The third-order valence-corrected chi connectivity index (χ3v) is 4.18. The molecular weight excluding hydrogens is 314 g/mol. The monoisotopic (exact) mass is 332 g/mol. The van der Waals surface area contributed by atoms with Crippen molar-refractivity contribution in [2.45, 2.75) is 25.7 Å². The fraction of sp³-hybridized carbons (Fsp3) is 0.571. The Morgan fingerprint density at radius 3 is 2.72 bits per heavy atom. The maximum absolute atomic E-state index is 6.10. The molecular formula is C14H20BrClNO+. The first-order valence-corrected chi connectivity index (χ1v) is 7.84. The van der Waals surface area contributed by atoms with Gasteiger partial charge in [0.1, 0.15) is 5.75 Å². The van der Waals surface area contributed by atoms with Crippen LogP contribution in [0, 0.1) is 0 Å². The van der Waals surface area contributed by atoms with Gasteiger partial charge in [-0.3, -0.25) is 0 Å². The molecule has 0 spiro atoms. The highest BCUT2D eigenvalue weighted by Crippen LogP contribution is 2.27. The highest BCUT2D eigenvalue weighted by Gasteiger charge is 2.12. The summed E-state index contributed by atoms with van der Waals surface area (Å²) < 4.78 is 6.70. The normalized spacial score (nSPS) is 16.8. The molecule has 0 saturated carbocycles. The Hall–Kier alpha value is -0.250. The minimum atomic E-state index is 0.676. The molecule has 0 aromatic heterocycles. The van der Waals surface area contributed by atoms with Crippen LogP contribution in [0.4, 0.5) is 0 Å².